The largest absolute Gasteiger partial charge is 0.358 e. The number of hydrogen-bond donors (Lipinski definition) is 2. The molecule has 0 saturated carbocycles. The van der Waals surface area contributed by atoms with Crippen LogP contribution in [0.3, 0.4) is 0 Å². The van der Waals surface area contributed by atoms with Gasteiger partial charge in [-0.05, 0) is 19.1 Å². The number of nitrogens with zero attached hydrogens (tertiary/aromatic N) is 2. The lowest BCUT2D eigenvalue weighted by Gasteiger charge is -2.35. The third-order valence-electron chi connectivity index (χ3n) is 4.08. The summed E-state index contributed by atoms with van der Waals surface area (Å²) in [5.41, 5.74) is 0.535. The Labute approximate surface area is 142 Å². The van der Waals surface area contributed by atoms with E-state index in [1.807, 2.05) is 11.0 Å². The quantitative estimate of drug-likeness (QED) is 0.775. The molecule has 1 saturated heterocycles. The average Bonchev–Trinajstić information content (AvgIpc) is 2.62. The SMILES string of the molecule is CNC(=O)CN1CCN(C(=O)C(C)NC(=O)c2ccccc2)CC1. The standard InChI is InChI=1S/C17H24N4O3/c1-13(19-16(23)14-6-4-3-5-7-14)17(24)21-10-8-20(9-11-21)12-15(22)18-2/h3-7,13H,8-12H2,1-2H3,(H,18,22)(H,19,23). The van der Waals surface area contributed by atoms with Crippen LogP contribution >= 0.6 is 0 Å². The first kappa shape index (κ1) is 17.9. The second-order valence-corrected chi connectivity index (χ2v) is 5.84. The Hall–Kier alpha value is -2.41. The summed E-state index contributed by atoms with van der Waals surface area (Å²) < 4.78 is 0. The monoisotopic (exact) mass is 332 g/mol. The fraction of sp³-hybridized carbons (Fsp3) is 0.471. The van der Waals surface area contributed by atoms with Crippen LogP contribution in [0.1, 0.15) is 17.3 Å². The molecule has 1 heterocycles. The third-order valence-corrected chi connectivity index (χ3v) is 4.08. The van der Waals surface area contributed by atoms with E-state index in [1.54, 1.807) is 43.1 Å². The van der Waals surface area contributed by atoms with Crippen molar-refractivity contribution in [3.63, 3.8) is 0 Å². The van der Waals surface area contributed by atoms with E-state index in [0.717, 1.165) is 0 Å². The Morgan fingerprint density at radius 2 is 1.71 bits per heavy atom. The van der Waals surface area contributed by atoms with Gasteiger partial charge in [0.2, 0.25) is 11.8 Å². The van der Waals surface area contributed by atoms with Gasteiger partial charge in [0.05, 0.1) is 6.54 Å². The first-order chi connectivity index (χ1) is 11.5. The van der Waals surface area contributed by atoms with Crippen molar-refractivity contribution in [2.24, 2.45) is 0 Å². The zero-order valence-electron chi connectivity index (χ0n) is 14.1. The third kappa shape index (κ3) is 4.79. The number of rotatable bonds is 5. The molecule has 0 aliphatic carbocycles. The molecule has 1 aromatic carbocycles. The molecule has 0 aromatic heterocycles. The molecule has 0 radical (unpaired) electrons. The predicted octanol–water partition coefficient (Wildman–Crippen LogP) is -0.305. The minimum absolute atomic E-state index is 0.0294. The Morgan fingerprint density at radius 3 is 2.29 bits per heavy atom. The van der Waals surface area contributed by atoms with Gasteiger partial charge in [-0.15, -0.1) is 0 Å². The van der Waals surface area contributed by atoms with Crippen LogP contribution in [-0.2, 0) is 9.59 Å². The van der Waals surface area contributed by atoms with Crippen molar-refractivity contribution in [1.29, 1.82) is 0 Å². The number of piperazine rings is 1. The van der Waals surface area contributed by atoms with Crippen molar-refractivity contribution in [2.45, 2.75) is 13.0 Å². The lowest BCUT2D eigenvalue weighted by Crippen LogP contribution is -2.55. The lowest BCUT2D eigenvalue weighted by atomic mass is 10.2. The van der Waals surface area contributed by atoms with Crippen LogP contribution in [0.4, 0.5) is 0 Å². The van der Waals surface area contributed by atoms with E-state index < -0.39 is 6.04 Å². The van der Waals surface area contributed by atoms with E-state index in [4.69, 9.17) is 0 Å². The van der Waals surface area contributed by atoms with Gasteiger partial charge in [-0.1, -0.05) is 18.2 Å². The Balaban J connectivity index is 1.82. The first-order valence-corrected chi connectivity index (χ1v) is 8.09. The van der Waals surface area contributed by atoms with Crippen LogP contribution in [0, 0.1) is 0 Å². The zero-order chi connectivity index (χ0) is 17.5. The van der Waals surface area contributed by atoms with Crippen molar-refractivity contribution in [1.82, 2.24) is 20.4 Å². The smallest absolute Gasteiger partial charge is 0.251 e. The van der Waals surface area contributed by atoms with Crippen LogP contribution in [0.15, 0.2) is 30.3 Å². The first-order valence-electron chi connectivity index (χ1n) is 8.09. The van der Waals surface area contributed by atoms with E-state index in [1.165, 1.54) is 0 Å². The van der Waals surface area contributed by atoms with Crippen molar-refractivity contribution in [3.8, 4) is 0 Å². The molecule has 1 aliphatic heterocycles. The van der Waals surface area contributed by atoms with Gasteiger partial charge >= 0.3 is 0 Å². The number of carbonyl (C=O) groups excluding carboxylic acids is 3. The van der Waals surface area contributed by atoms with Crippen LogP contribution in [0.5, 0.6) is 0 Å². The van der Waals surface area contributed by atoms with Gasteiger partial charge in [0, 0.05) is 38.8 Å². The second-order valence-electron chi connectivity index (χ2n) is 5.84. The Kier molecular flexibility index (Phi) is 6.31. The molecule has 0 spiro atoms. The fourth-order valence-corrected chi connectivity index (χ4v) is 2.61. The molecule has 2 N–H and O–H groups in total. The van der Waals surface area contributed by atoms with E-state index in [9.17, 15) is 14.4 Å². The van der Waals surface area contributed by atoms with Crippen molar-refractivity contribution < 1.29 is 14.4 Å². The molecule has 24 heavy (non-hydrogen) atoms. The average molecular weight is 332 g/mol. The van der Waals surface area contributed by atoms with Crippen molar-refractivity contribution in [3.05, 3.63) is 35.9 Å². The highest BCUT2D eigenvalue weighted by molar-refractivity contribution is 5.97. The highest BCUT2D eigenvalue weighted by Crippen LogP contribution is 2.05. The van der Waals surface area contributed by atoms with Crippen LogP contribution in [-0.4, -0.2) is 73.3 Å². The number of benzene rings is 1. The Morgan fingerprint density at radius 1 is 1.08 bits per heavy atom. The minimum Gasteiger partial charge on any atom is -0.358 e. The molecule has 7 nitrogen and oxygen atoms in total. The summed E-state index contributed by atoms with van der Waals surface area (Å²) in [4.78, 5) is 39.7. The molecule has 3 amide bonds. The normalized spacial score (nSPS) is 16.3. The molecule has 0 bridgehead atoms. The van der Waals surface area contributed by atoms with Gasteiger partial charge in [-0.2, -0.15) is 0 Å². The summed E-state index contributed by atoms with van der Waals surface area (Å²) in [6.45, 7) is 4.46. The number of carbonyl (C=O) groups is 3. The summed E-state index contributed by atoms with van der Waals surface area (Å²) in [6, 6.07) is 8.25. The van der Waals surface area contributed by atoms with Crippen LogP contribution in [0.25, 0.3) is 0 Å². The minimum atomic E-state index is -0.580. The molecule has 7 heteroatoms. The van der Waals surface area contributed by atoms with E-state index in [-0.39, 0.29) is 17.7 Å². The number of amides is 3. The molecule has 1 aliphatic rings. The van der Waals surface area contributed by atoms with Gasteiger partial charge in [0.25, 0.3) is 5.91 Å². The van der Waals surface area contributed by atoms with E-state index in [0.29, 0.717) is 38.3 Å². The molecular weight excluding hydrogens is 308 g/mol. The Bertz CT molecular complexity index is 583. The molecule has 130 valence electrons. The molecule has 2 rings (SSSR count). The van der Waals surface area contributed by atoms with E-state index in [2.05, 4.69) is 10.6 Å². The summed E-state index contributed by atoms with van der Waals surface area (Å²) >= 11 is 0. The maximum atomic E-state index is 12.5. The van der Waals surface area contributed by atoms with Gasteiger partial charge in [-0.3, -0.25) is 19.3 Å². The summed E-state index contributed by atoms with van der Waals surface area (Å²) in [5, 5.41) is 5.33. The maximum absolute atomic E-state index is 12.5. The maximum Gasteiger partial charge on any atom is 0.251 e. The summed E-state index contributed by atoms with van der Waals surface area (Å²) in [5.74, 6) is -0.383. The summed E-state index contributed by atoms with van der Waals surface area (Å²) in [6.07, 6.45) is 0. The number of hydrogen-bond acceptors (Lipinski definition) is 4. The van der Waals surface area contributed by atoms with Gasteiger partial charge < -0.3 is 15.5 Å². The number of likely N-dealkylation sites (N-methyl/N-ethyl adjacent to an activating group) is 1. The predicted molar refractivity (Wildman–Crippen MR) is 90.5 cm³/mol. The topological polar surface area (TPSA) is 81.8 Å². The molecular formula is C17H24N4O3. The number of nitrogens with one attached hydrogen (secondary N) is 2. The van der Waals surface area contributed by atoms with Gasteiger partial charge in [-0.25, -0.2) is 0 Å². The van der Waals surface area contributed by atoms with E-state index >= 15 is 0 Å². The van der Waals surface area contributed by atoms with Crippen molar-refractivity contribution in [2.75, 3.05) is 39.8 Å². The molecule has 1 unspecified atom stereocenters. The zero-order valence-corrected chi connectivity index (χ0v) is 14.1. The lowest BCUT2D eigenvalue weighted by molar-refractivity contribution is -0.134. The van der Waals surface area contributed by atoms with Gasteiger partial charge in [0.15, 0.2) is 0 Å². The van der Waals surface area contributed by atoms with Crippen molar-refractivity contribution >= 4 is 17.7 Å². The fourth-order valence-electron chi connectivity index (χ4n) is 2.61. The van der Waals surface area contributed by atoms with Crippen LogP contribution in [0.2, 0.25) is 0 Å². The molecule has 1 aromatic rings. The van der Waals surface area contributed by atoms with Gasteiger partial charge in [0.1, 0.15) is 6.04 Å². The summed E-state index contributed by atoms with van der Waals surface area (Å²) in [7, 11) is 1.61. The molecule has 1 fully saturated rings. The second kappa shape index (κ2) is 8.44. The highest BCUT2D eigenvalue weighted by Gasteiger charge is 2.26. The highest BCUT2D eigenvalue weighted by atomic mass is 16.2. The molecule has 1 atom stereocenters. The van der Waals surface area contributed by atoms with Crippen LogP contribution < -0.4 is 10.6 Å².